The van der Waals surface area contributed by atoms with Crippen LogP contribution in [0.15, 0.2) is 35.4 Å². The van der Waals surface area contributed by atoms with Gasteiger partial charge in [-0.15, -0.1) is 0 Å². The van der Waals surface area contributed by atoms with Crippen LogP contribution in [0.5, 0.6) is 0 Å². The average Bonchev–Trinajstić information content (AvgIpc) is 3.95. The lowest BCUT2D eigenvalue weighted by Gasteiger charge is -2.44. The summed E-state index contributed by atoms with van der Waals surface area (Å²) in [5, 5.41) is 10.9. The lowest BCUT2D eigenvalue weighted by Crippen LogP contribution is -2.59. The van der Waals surface area contributed by atoms with Gasteiger partial charge in [-0.2, -0.15) is 10.2 Å². The highest BCUT2D eigenvalue weighted by molar-refractivity contribution is 5.92. The van der Waals surface area contributed by atoms with Gasteiger partial charge in [-0.05, 0) is 84.9 Å². The van der Waals surface area contributed by atoms with E-state index in [1.54, 1.807) is 42.4 Å². The van der Waals surface area contributed by atoms with Crippen molar-refractivity contribution in [2.75, 3.05) is 18.0 Å². The van der Waals surface area contributed by atoms with Crippen LogP contribution in [0, 0.1) is 24.1 Å². The molecule has 2 atom stereocenters. The lowest BCUT2D eigenvalue weighted by molar-refractivity contribution is 0.0130. The van der Waals surface area contributed by atoms with Gasteiger partial charge in [0.05, 0.1) is 33.7 Å². The molecule has 4 heterocycles. The fraction of sp³-hybridized carbons (Fsp3) is 0.472. The molecular formula is C36H39FN8O3. The molecule has 0 radical (unpaired) electrons. The number of ether oxygens (including phenoxy) is 1. The lowest BCUT2D eigenvalue weighted by atomic mass is 10.0. The fourth-order valence-corrected chi connectivity index (χ4v) is 6.61. The number of hydrogen-bond donors (Lipinski definition) is 0. The molecule has 1 saturated heterocycles. The Morgan fingerprint density at radius 2 is 1.69 bits per heavy atom. The van der Waals surface area contributed by atoms with Crippen LogP contribution in [0.25, 0.3) is 28.0 Å². The summed E-state index contributed by atoms with van der Waals surface area (Å²) in [4.78, 5) is 50.2. The minimum Gasteiger partial charge on any atom is -0.444 e. The number of anilines is 1. The molecule has 7 rings (SSSR count). The van der Waals surface area contributed by atoms with Crippen LogP contribution in [-0.4, -0.2) is 66.3 Å². The molecule has 1 aromatic carbocycles. The van der Waals surface area contributed by atoms with Gasteiger partial charge in [0.1, 0.15) is 29.6 Å². The molecule has 0 spiro atoms. The van der Waals surface area contributed by atoms with Crippen molar-refractivity contribution in [2.24, 2.45) is 0 Å². The SMILES string of the molecule is Cc1cccc(-c2nc3c(cc2C#N)c(N2C[C@@H](C)N(C(=O)OC(C)(C)C)C[C@@H]2C)nc(=O)n3-c2c(C3CC3)ncnc2C2CC2)c1F. The summed E-state index contributed by atoms with van der Waals surface area (Å²) < 4.78 is 22.8. The number of halogens is 1. The normalized spacial score (nSPS) is 19.8. The minimum absolute atomic E-state index is 0.144. The first-order chi connectivity index (χ1) is 22.9. The summed E-state index contributed by atoms with van der Waals surface area (Å²) in [6.07, 6.45) is 4.98. The summed E-state index contributed by atoms with van der Waals surface area (Å²) in [6.45, 7) is 11.7. The Morgan fingerprint density at radius 1 is 1.02 bits per heavy atom. The van der Waals surface area contributed by atoms with Gasteiger partial charge < -0.3 is 14.5 Å². The Labute approximate surface area is 278 Å². The molecule has 2 saturated carbocycles. The predicted molar refractivity (Wildman–Crippen MR) is 179 cm³/mol. The van der Waals surface area contributed by atoms with E-state index in [-0.39, 0.29) is 46.4 Å². The number of carbonyl (C=O) groups excluding carboxylic acids is 1. The maximum Gasteiger partial charge on any atom is 0.410 e. The van der Waals surface area contributed by atoms with E-state index in [0.717, 1.165) is 37.1 Å². The monoisotopic (exact) mass is 650 g/mol. The Balaban J connectivity index is 1.46. The van der Waals surface area contributed by atoms with Gasteiger partial charge in [0, 0.05) is 42.6 Å². The van der Waals surface area contributed by atoms with E-state index in [1.807, 2.05) is 39.5 Å². The largest absolute Gasteiger partial charge is 0.444 e. The third-order valence-corrected chi connectivity index (χ3v) is 9.33. The molecule has 3 aromatic heterocycles. The third-order valence-electron chi connectivity index (χ3n) is 9.33. The third kappa shape index (κ3) is 5.65. The second-order valence-electron chi connectivity index (χ2n) is 14.4. The molecule has 11 nitrogen and oxygen atoms in total. The van der Waals surface area contributed by atoms with Crippen molar-refractivity contribution in [1.82, 2.24) is 29.4 Å². The molecule has 0 unspecified atom stereocenters. The first-order valence-corrected chi connectivity index (χ1v) is 16.6. The van der Waals surface area contributed by atoms with E-state index in [9.17, 15) is 14.9 Å². The van der Waals surface area contributed by atoms with E-state index in [4.69, 9.17) is 9.72 Å². The highest BCUT2D eigenvalue weighted by Gasteiger charge is 2.39. The Kier molecular flexibility index (Phi) is 7.68. The van der Waals surface area contributed by atoms with Crippen molar-refractivity contribution in [3.8, 4) is 23.0 Å². The maximum atomic E-state index is 15.6. The smallest absolute Gasteiger partial charge is 0.410 e. The predicted octanol–water partition coefficient (Wildman–Crippen LogP) is 6.15. The second-order valence-corrected chi connectivity index (χ2v) is 14.4. The van der Waals surface area contributed by atoms with Gasteiger partial charge in [-0.25, -0.2) is 33.5 Å². The number of nitrogens with zero attached hydrogens (tertiary/aromatic N) is 8. The van der Waals surface area contributed by atoms with Crippen molar-refractivity contribution in [3.05, 3.63) is 69.4 Å². The van der Waals surface area contributed by atoms with Crippen molar-refractivity contribution in [2.45, 2.75) is 96.7 Å². The number of benzene rings is 1. The molecular weight excluding hydrogens is 611 g/mol. The number of aryl methyl sites for hydroxylation is 1. The summed E-state index contributed by atoms with van der Waals surface area (Å²) in [5.74, 6) is 0.254. The van der Waals surface area contributed by atoms with E-state index in [0.29, 0.717) is 35.5 Å². The van der Waals surface area contributed by atoms with E-state index in [1.165, 1.54) is 4.57 Å². The first-order valence-electron chi connectivity index (χ1n) is 16.6. The number of rotatable bonds is 5. The zero-order valence-corrected chi connectivity index (χ0v) is 28.1. The summed E-state index contributed by atoms with van der Waals surface area (Å²) in [5.41, 5.74) is 2.11. The van der Waals surface area contributed by atoms with Crippen LogP contribution < -0.4 is 10.6 Å². The van der Waals surface area contributed by atoms with Crippen molar-refractivity contribution in [3.63, 3.8) is 0 Å². The van der Waals surface area contributed by atoms with Gasteiger partial charge in [0.2, 0.25) is 0 Å². The molecule has 48 heavy (non-hydrogen) atoms. The molecule has 0 N–H and O–H groups in total. The van der Waals surface area contributed by atoms with Crippen LogP contribution in [0.2, 0.25) is 0 Å². The van der Waals surface area contributed by atoms with Crippen LogP contribution in [0.3, 0.4) is 0 Å². The van der Waals surface area contributed by atoms with Gasteiger partial charge >= 0.3 is 11.8 Å². The van der Waals surface area contributed by atoms with Crippen molar-refractivity contribution < 1.29 is 13.9 Å². The summed E-state index contributed by atoms with van der Waals surface area (Å²) in [6, 6.07) is 8.33. The number of piperazine rings is 1. The molecule has 3 fully saturated rings. The Hall–Kier alpha value is -4.92. The van der Waals surface area contributed by atoms with Gasteiger partial charge in [0.25, 0.3) is 0 Å². The quantitative estimate of drug-likeness (QED) is 0.250. The molecule has 4 aromatic rings. The minimum atomic E-state index is -0.646. The Bertz CT molecular complexity index is 2030. The first kappa shape index (κ1) is 31.7. The van der Waals surface area contributed by atoms with Gasteiger partial charge in [-0.3, -0.25) is 0 Å². The summed E-state index contributed by atoms with van der Waals surface area (Å²) in [7, 11) is 0. The van der Waals surface area contributed by atoms with Gasteiger partial charge in [-0.1, -0.05) is 12.1 Å². The van der Waals surface area contributed by atoms with Crippen molar-refractivity contribution >= 4 is 22.9 Å². The van der Waals surface area contributed by atoms with Crippen molar-refractivity contribution in [1.29, 1.82) is 5.26 Å². The zero-order chi connectivity index (χ0) is 34.1. The fourth-order valence-electron chi connectivity index (χ4n) is 6.61. The number of fused-ring (bicyclic) bond motifs is 1. The van der Waals surface area contributed by atoms with Crippen LogP contribution in [0.4, 0.5) is 15.0 Å². The van der Waals surface area contributed by atoms with Crippen LogP contribution in [0.1, 0.15) is 94.7 Å². The van der Waals surface area contributed by atoms with E-state index < -0.39 is 23.2 Å². The molecule has 248 valence electrons. The molecule has 1 aliphatic heterocycles. The maximum absolute atomic E-state index is 15.6. The zero-order valence-electron chi connectivity index (χ0n) is 28.1. The standard InChI is InChI=1S/C36H39FN8O3/c1-19-8-7-9-25(27(19)37)28-24(15-38)14-26-32(43-16-21(3)44(17-20(43)2)35(47)48-36(4,5)6)42-34(46)45(33(26)41-28)31-29(22-10-11-22)39-18-40-30(31)23-12-13-23/h7-9,14,18,20-23H,10-13,16-17H2,1-6H3/t20-,21+/m0/s1. The summed E-state index contributed by atoms with van der Waals surface area (Å²) >= 11 is 0. The average molecular weight is 651 g/mol. The van der Waals surface area contributed by atoms with E-state index >= 15 is 4.39 Å². The highest BCUT2D eigenvalue weighted by Crippen LogP contribution is 2.47. The molecule has 2 aliphatic carbocycles. The Morgan fingerprint density at radius 3 is 2.29 bits per heavy atom. The number of carbonyl (C=O) groups is 1. The van der Waals surface area contributed by atoms with Crippen LogP contribution >= 0.6 is 0 Å². The molecule has 12 heteroatoms. The number of pyridine rings is 1. The molecule has 0 bridgehead atoms. The number of aromatic nitrogens is 5. The number of nitriles is 1. The van der Waals surface area contributed by atoms with Gasteiger partial charge in [0.15, 0.2) is 5.65 Å². The van der Waals surface area contributed by atoms with E-state index in [2.05, 4.69) is 21.0 Å². The number of hydrogen-bond acceptors (Lipinski definition) is 9. The second kappa shape index (κ2) is 11.6. The number of amides is 1. The topological polar surface area (TPSA) is 130 Å². The molecule has 1 amide bonds. The molecule has 3 aliphatic rings. The highest BCUT2D eigenvalue weighted by atomic mass is 19.1. The van der Waals surface area contributed by atoms with Crippen LogP contribution in [-0.2, 0) is 4.74 Å².